The van der Waals surface area contributed by atoms with Crippen molar-refractivity contribution in [3.63, 3.8) is 0 Å². The molecule has 10 atom stereocenters. The highest BCUT2D eigenvalue weighted by Crippen LogP contribution is 2.23. The van der Waals surface area contributed by atoms with Gasteiger partial charge in [0.15, 0.2) is 12.6 Å². The molecule has 1 amide bonds. The first-order valence-corrected chi connectivity index (χ1v) is 12.4. The van der Waals surface area contributed by atoms with Gasteiger partial charge in [0.25, 0.3) is 0 Å². The number of unbranched alkanes of at least 4 members (excludes halogenated alkanes) is 1. The summed E-state index contributed by atoms with van der Waals surface area (Å²) >= 11 is 0. The lowest BCUT2D eigenvalue weighted by Crippen LogP contribution is -2.59. The van der Waals surface area contributed by atoms with Gasteiger partial charge in [-0.15, -0.1) is 0 Å². The van der Waals surface area contributed by atoms with E-state index in [9.17, 15) is 50.4 Å². The van der Waals surface area contributed by atoms with Crippen LogP contribution < -0.4 is 0 Å². The molecule has 222 valence electrons. The van der Waals surface area contributed by atoms with Crippen LogP contribution in [0.2, 0.25) is 0 Å². The number of amides is 1. The molecule has 9 N–H and O–H groups in total. The van der Waals surface area contributed by atoms with Crippen molar-refractivity contribution in [3.8, 4) is 0 Å². The second-order valence-corrected chi connectivity index (χ2v) is 9.12. The van der Waals surface area contributed by atoms with Crippen molar-refractivity contribution in [2.45, 2.75) is 87.1 Å². The van der Waals surface area contributed by atoms with Crippen LogP contribution in [0.25, 0.3) is 0 Å². The van der Waals surface area contributed by atoms with Crippen molar-refractivity contribution in [2.24, 2.45) is 0 Å². The van der Waals surface area contributed by atoms with Crippen LogP contribution in [-0.2, 0) is 28.5 Å². The number of carbonyl (C=O) groups excluding carboxylic acids is 1. The highest BCUT2D eigenvalue weighted by Gasteiger charge is 2.45. The number of carbonyl (C=O) groups is 2. The number of rotatable bonds is 15. The Labute approximate surface area is 218 Å². The summed E-state index contributed by atoms with van der Waals surface area (Å²) in [5.41, 5.74) is 0. The van der Waals surface area contributed by atoms with E-state index in [0.717, 1.165) is 0 Å². The fraction of sp³-hybridized carbons (Fsp3) is 0.909. The second-order valence-electron chi connectivity index (χ2n) is 9.12. The maximum absolute atomic E-state index is 12.8. The molecule has 0 aliphatic carbocycles. The molecule has 2 aliphatic rings. The SMILES string of the molecule is O=C(O)CCCCC(=O)N(CCO[C@H]1O[C@H](CO)[C@@H](O)[C@H](O)[C@@H]1O)CCO[C@H]1O[C@H](CO)[C@@H](O)[C@H](O)[C@@H]1O. The van der Waals surface area contributed by atoms with E-state index in [4.69, 9.17) is 24.1 Å². The summed E-state index contributed by atoms with van der Waals surface area (Å²) in [6.07, 6.45) is -14.3. The summed E-state index contributed by atoms with van der Waals surface area (Å²) in [5, 5.41) is 87.0. The van der Waals surface area contributed by atoms with Crippen LogP contribution in [0.3, 0.4) is 0 Å². The number of ether oxygens (including phenoxy) is 4. The van der Waals surface area contributed by atoms with Gasteiger partial charge < -0.3 is 69.8 Å². The minimum atomic E-state index is -1.63. The van der Waals surface area contributed by atoms with Crippen LogP contribution in [0.1, 0.15) is 25.7 Å². The summed E-state index contributed by atoms with van der Waals surface area (Å²) in [5.74, 6) is -1.37. The van der Waals surface area contributed by atoms with Gasteiger partial charge in [-0.3, -0.25) is 9.59 Å². The molecule has 2 fully saturated rings. The van der Waals surface area contributed by atoms with Gasteiger partial charge >= 0.3 is 5.97 Å². The first-order chi connectivity index (χ1) is 18.0. The number of carboxylic acid groups (broad SMARTS) is 1. The van der Waals surface area contributed by atoms with Crippen LogP contribution in [0, 0.1) is 0 Å². The molecule has 0 aromatic heterocycles. The molecular weight excluding hydrogens is 518 g/mol. The van der Waals surface area contributed by atoms with Crippen molar-refractivity contribution in [2.75, 3.05) is 39.5 Å². The zero-order valence-electron chi connectivity index (χ0n) is 20.8. The molecule has 0 aromatic carbocycles. The third kappa shape index (κ3) is 9.00. The van der Waals surface area contributed by atoms with Gasteiger partial charge in [-0.25, -0.2) is 0 Å². The minimum absolute atomic E-state index is 0.00731. The van der Waals surface area contributed by atoms with Crippen LogP contribution in [-0.4, -0.2) is 164 Å². The lowest BCUT2D eigenvalue weighted by molar-refractivity contribution is -0.303. The Morgan fingerprint density at radius 2 is 1.08 bits per heavy atom. The molecule has 0 bridgehead atoms. The largest absolute Gasteiger partial charge is 0.481 e. The number of nitrogens with zero attached hydrogens (tertiary/aromatic N) is 1. The standard InChI is InChI=1S/C22H39NO15/c24-9-11-15(29)17(31)19(33)21(37-11)35-7-5-23(13(26)3-1-2-4-14(27)28)6-8-36-22-20(34)18(32)16(30)12(10-25)38-22/h11-12,15-22,24-25,29-34H,1-10H2,(H,27,28)/t11-,12-,15-,16-,17+,18+,19+,20+,21+,22+/m1/s1. The normalized spacial score (nSPS) is 35.7. The molecule has 0 spiro atoms. The maximum Gasteiger partial charge on any atom is 0.303 e. The van der Waals surface area contributed by atoms with Gasteiger partial charge in [-0.2, -0.15) is 0 Å². The van der Waals surface area contributed by atoms with E-state index in [1.807, 2.05) is 0 Å². The number of aliphatic hydroxyl groups excluding tert-OH is 8. The first-order valence-electron chi connectivity index (χ1n) is 12.4. The summed E-state index contributed by atoms with van der Waals surface area (Å²) in [6, 6.07) is 0. The fourth-order valence-corrected chi connectivity index (χ4v) is 4.04. The number of carboxylic acids is 1. The molecule has 0 aromatic rings. The molecule has 2 rings (SSSR count). The minimum Gasteiger partial charge on any atom is -0.481 e. The van der Waals surface area contributed by atoms with Crippen LogP contribution >= 0.6 is 0 Å². The summed E-state index contributed by atoms with van der Waals surface area (Å²) in [4.78, 5) is 24.8. The zero-order chi connectivity index (χ0) is 28.4. The molecule has 16 heteroatoms. The van der Waals surface area contributed by atoms with Gasteiger partial charge in [0.2, 0.25) is 5.91 Å². The Kier molecular flexibility index (Phi) is 13.7. The van der Waals surface area contributed by atoms with Crippen molar-refractivity contribution in [1.82, 2.24) is 4.90 Å². The molecule has 2 saturated heterocycles. The zero-order valence-corrected chi connectivity index (χ0v) is 20.8. The fourth-order valence-electron chi connectivity index (χ4n) is 4.04. The van der Waals surface area contributed by atoms with Crippen molar-refractivity contribution in [1.29, 1.82) is 0 Å². The average Bonchev–Trinajstić information content (AvgIpc) is 2.89. The lowest BCUT2D eigenvalue weighted by Gasteiger charge is -2.40. The van der Waals surface area contributed by atoms with E-state index in [-0.39, 0.29) is 51.5 Å². The van der Waals surface area contributed by atoms with Gasteiger partial charge in [0.1, 0.15) is 48.8 Å². The Bertz CT molecular complexity index is 683. The molecule has 38 heavy (non-hydrogen) atoms. The van der Waals surface area contributed by atoms with Gasteiger partial charge in [-0.05, 0) is 12.8 Å². The predicted molar refractivity (Wildman–Crippen MR) is 122 cm³/mol. The van der Waals surface area contributed by atoms with Crippen LogP contribution in [0.5, 0.6) is 0 Å². The molecule has 2 aliphatic heterocycles. The Balaban J connectivity index is 1.93. The molecule has 0 saturated carbocycles. The van der Waals surface area contributed by atoms with Crippen LogP contribution in [0.15, 0.2) is 0 Å². The Morgan fingerprint density at radius 1 is 0.658 bits per heavy atom. The highest BCUT2D eigenvalue weighted by atomic mass is 16.7. The van der Waals surface area contributed by atoms with E-state index in [1.54, 1.807) is 0 Å². The number of hydrogen-bond acceptors (Lipinski definition) is 14. The second kappa shape index (κ2) is 15.9. The van der Waals surface area contributed by atoms with Gasteiger partial charge in [0, 0.05) is 25.9 Å². The Hall–Kier alpha value is -1.54. The maximum atomic E-state index is 12.8. The first kappa shape index (κ1) is 32.7. The lowest BCUT2D eigenvalue weighted by atomic mass is 9.99. The smallest absolute Gasteiger partial charge is 0.303 e. The Morgan fingerprint density at radius 3 is 1.47 bits per heavy atom. The van der Waals surface area contributed by atoms with Gasteiger partial charge in [0.05, 0.1) is 26.4 Å². The molecule has 16 nitrogen and oxygen atoms in total. The molecular formula is C22H39NO15. The van der Waals surface area contributed by atoms with E-state index in [0.29, 0.717) is 6.42 Å². The number of aliphatic carboxylic acids is 1. The number of aliphatic hydroxyl groups is 8. The monoisotopic (exact) mass is 557 g/mol. The summed E-state index contributed by atoms with van der Waals surface area (Å²) in [6.45, 7) is -1.81. The summed E-state index contributed by atoms with van der Waals surface area (Å²) < 4.78 is 21.4. The van der Waals surface area contributed by atoms with E-state index in [2.05, 4.69) is 0 Å². The molecule has 0 unspecified atom stereocenters. The van der Waals surface area contributed by atoms with Gasteiger partial charge in [-0.1, -0.05) is 0 Å². The van der Waals surface area contributed by atoms with Crippen molar-refractivity contribution >= 4 is 11.9 Å². The van der Waals surface area contributed by atoms with Crippen molar-refractivity contribution < 1.29 is 74.5 Å². The van der Waals surface area contributed by atoms with Crippen molar-refractivity contribution in [3.05, 3.63) is 0 Å². The average molecular weight is 558 g/mol. The highest BCUT2D eigenvalue weighted by molar-refractivity contribution is 5.76. The topological polar surface area (TPSA) is 256 Å². The quantitative estimate of drug-likeness (QED) is 0.0855. The third-order valence-electron chi connectivity index (χ3n) is 6.37. The van der Waals surface area contributed by atoms with E-state index < -0.39 is 80.6 Å². The summed E-state index contributed by atoms with van der Waals surface area (Å²) in [7, 11) is 0. The predicted octanol–water partition coefficient (Wildman–Crippen LogP) is -4.91. The molecule has 0 radical (unpaired) electrons. The molecule has 2 heterocycles. The van der Waals surface area contributed by atoms with Crippen LogP contribution in [0.4, 0.5) is 0 Å². The third-order valence-corrected chi connectivity index (χ3v) is 6.37. The van der Waals surface area contributed by atoms with E-state index >= 15 is 0 Å². The number of hydrogen-bond donors (Lipinski definition) is 9. The van der Waals surface area contributed by atoms with E-state index in [1.165, 1.54) is 4.90 Å².